The van der Waals surface area contributed by atoms with Gasteiger partial charge >= 0.3 is 0 Å². The molecule has 1 aromatic carbocycles. The Labute approximate surface area is 189 Å². The molecule has 2 aromatic rings. The normalized spacial score (nSPS) is 14.6. The van der Waals surface area contributed by atoms with Crippen LogP contribution in [-0.4, -0.2) is 55.6 Å². The zero-order chi connectivity index (χ0) is 22.9. The summed E-state index contributed by atoms with van der Waals surface area (Å²) in [7, 11) is 0. The molecule has 1 aliphatic rings. The Kier molecular flexibility index (Phi) is 8.03. The first-order chi connectivity index (χ1) is 15.5. The van der Waals surface area contributed by atoms with Crippen molar-refractivity contribution in [2.24, 2.45) is 5.92 Å². The minimum atomic E-state index is -0.670. The molecule has 0 unspecified atom stereocenters. The number of hydrogen-bond donors (Lipinski definition) is 2. The topological polar surface area (TPSA) is 101 Å². The van der Waals surface area contributed by atoms with Gasteiger partial charge < -0.3 is 20.4 Å². The molecule has 32 heavy (non-hydrogen) atoms. The van der Waals surface area contributed by atoms with Gasteiger partial charge in [0, 0.05) is 55.5 Å². The molecule has 1 aliphatic heterocycles. The average Bonchev–Trinajstić information content (AvgIpc) is 2.82. The Balaban J connectivity index is 1.58. The number of rotatable bonds is 8. The second kappa shape index (κ2) is 11.1. The number of amides is 2. The summed E-state index contributed by atoms with van der Waals surface area (Å²) in [4.78, 5) is 33.7. The van der Waals surface area contributed by atoms with Crippen molar-refractivity contribution in [1.29, 1.82) is 5.26 Å². The summed E-state index contributed by atoms with van der Waals surface area (Å²) in [6, 6.07) is 12.7. The van der Waals surface area contributed by atoms with Gasteiger partial charge in [0.1, 0.15) is 12.6 Å². The van der Waals surface area contributed by atoms with Crippen LogP contribution in [0, 0.1) is 17.2 Å². The predicted molar refractivity (Wildman–Crippen MR) is 124 cm³/mol. The standard InChI is InChI=1S/C24H30N6O2/c1-18(2)17-22(24(32)27-12-9-25)28-23(31)19-3-5-20(6-4-19)29-13-15-30(16-14-29)21-7-10-26-11-8-21/h3-8,10-11,18,22H,12-17H2,1-2H3,(H,27,32)(H,28,31)/t22-/m0/s1. The Hall–Kier alpha value is -3.60. The van der Waals surface area contributed by atoms with E-state index in [1.165, 1.54) is 5.69 Å². The second-order valence-electron chi connectivity index (χ2n) is 8.26. The van der Waals surface area contributed by atoms with E-state index < -0.39 is 6.04 Å². The maximum Gasteiger partial charge on any atom is 0.251 e. The lowest BCUT2D eigenvalue weighted by Gasteiger charge is -2.37. The smallest absolute Gasteiger partial charge is 0.251 e. The average molecular weight is 435 g/mol. The van der Waals surface area contributed by atoms with Crippen LogP contribution in [0.2, 0.25) is 0 Å². The van der Waals surface area contributed by atoms with Gasteiger partial charge in [-0.05, 0) is 48.7 Å². The number of carbonyl (C=O) groups excluding carboxylic acids is 2. The van der Waals surface area contributed by atoms with Gasteiger partial charge in [-0.3, -0.25) is 14.6 Å². The maximum absolute atomic E-state index is 12.7. The molecule has 1 atom stereocenters. The Morgan fingerprint density at radius 1 is 1.00 bits per heavy atom. The lowest BCUT2D eigenvalue weighted by atomic mass is 10.0. The number of aromatic nitrogens is 1. The van der Waals surface area contributed by atoms with Gasteiger partial charge in [0.2, 0.25) is 5.91 Å². The molecule has 2 heterocycles. The number of nitriles is 1. The van der Waals surface area contributed by atoms with E-state index >= 15 is 0 Å². The van der Waals surface area contributed by atoms with Crippen LogP contribution in [0.4, 0.5) is 11.4 Å². The van der Waals surface area contributed by atoms with Crippen LogP contribution in [-0.2, 0) is 4.79 Å². The molecule has 0 radical (unpaired) electrons. The summed E-state index contributed by atoms with van der Waals surface area (Å²) in [6.07, 6.45) is 4.12. The monoisotopic (exact) mass is 434 g/mol. The first-order valence-electron chi connectivity index (χ1n) is 10.9. The maximum atomic E-state index is 12.7. The van der Waals surface area contributed by atoms with Gasteiger partial charge in [0.25, 0.3) is 5.91 Å². The molecule has 0 spiro atoms. The summed E-state index contributed by atoms with van der Waals surface area (Å²) in [5.74, 6) is -0.407. The van der Waals surface area contributed by atoms with E-state index in [4.69, 9.17) is 5.26 Å². The molecule has 0 saturated carbocycles. The molecule has 8 heteroatoms. The SMILES string of the molecule is CC(C)C[C@H](NC(=O)c1ccc(N2CCN(c3ccncc3)CC2)cc1)C(=O)NCC#N. The lowest BCUT2D eigenvalue weighted by Crippen LogP contribution is -2.47. The molecule has 3 rings (SSSR count). The van der Waals surface area contributed by atoms with Gasteiger partial charge in [0.05, 0.1) is 6.07 Å². The number of carbonyl (C=O) groups is 2. The number of pyridine rings is 1. The molecular formula is C24H30N6O2. The summed E-state index contributed by atoms with van der Waals surface area (Å²) < 4.78 is 0. The largest absolute Gasteiger partial charge is 0.368 e. The third-order valence-corrected chi connectivity index (χ3v) is 5.47. The molecule has 168 valence electrons. The first kappa shape index (κ1) is 23.1. The van der Waals surface area contributed by atoms with E-state index in [0.717, 1.165) is 31.9 Å². The number of anilines is 2. The van der Waals surface area contributed by atoms with Crippen molar-refractivity contribution >= 4 is 23.2 Å². The van der Waals surface area contributed by atoms with Crippen LogP contribution in [0.3, 0.4) is 0 Å². The van der Waals surface area contributed by atoms with Gasteiger partial charge in [-0.1, -0.05) is 13.8 Å². The summed E-state index contributed by atoms with van der Waals surface area (Å²) in [5.41, 5.74) is 2.76. The zero-order valence-corrected chi connectivity index (χ0v) is 18.6. The molecule has 0 bridgehead atoms. The van der Waals surface area contributed by atoms with Crippen LogP contribution in [0.25, 0.3) is 0 Å². The van der Waals surface area contributed by atoms with Crippen LogP contribution < -0.4 is 20.4 Å². The van der Waals surface area contributed by atoms with Gasteiger partial charge in [-0.25, -0.2) is 0 Å². The predicted octanol–water partition coefficient (Wildman–Crippen LogP) is 2.19. The highest BCUT2D eigenvalue weighted by Crippen LogP contribution is 2.20. The number of piperazine rings is 1. The molecule has 8 nitrogen and oxygen atoms in total. The molecule has 1 saturated heterocycles. The van der Waals surface area contributed by atoms with Crippen molar-refractivity contribution in [2.75, 3.05) is 42.5 Å². The highest BCUT2D eigenvalue weighted by atomic mass is 16.2. The summed E-state index contributed by atoms with van der Waals surface area (Å²) in [5, 5.41) is 14.0. The fourth-order valence-corrected chi connectivity index (χ4v) is 3.80. The minimum absolute atomic E-state index is 0.0770. The number of benzene rings is 1. The fourth-order valence-electron chi connectivity index (χ4n) is 3.80. The molecular weight excluding hydrogens is 404 g/mol. The van der Waals surface area contributed by atoms with E-state index in [-0.39, 0.29) is 24.3 Å². The van der Waals surface area contributed by atoms with Crippen LogP contribution >= 0.6 is 0 Å². The minimum Gasteiger partial charge on any atom is -0.368 e. The molecule has 2 amide bonds. The van der Waals surface area contributed by atoms with E-state index in [9.17, 15) is 9.59 Å². The zero-order valence-electron chi connectivity index (χ0n) is 18.6. The van der Waals surface area contributed by atoms with E-state index in [0.29, 0.717) is 12.0 Å². The lowest BCUT2D eigenvalue weighted by molar-refractivity contribution is -0.123. The Morgan fingerprint density at radius 2 is 1.56 bits per heavy atom. The number of nitrogens with zero attached hydrogens (tertiary/aromatic N) is 4. The van der Waals surface area contributed by atoms with Crippen molar-refractivity contribution in [2.45, 2.75) is 26.3 Å². The highest BCUT2D eigenvalue weighted by molar-refractivity contribution is 5.97. The molecule has 0 aliphatic carbocycles. The van der Waals surface area contributed by atoms with E-state index in [1.54, 1.807) is 12.1 Å². The van der Waals surface area contributed by atoms with Crippen molar-refractivity contribution < 1.29 is 9.59 Å². The molecule has 1 aromatic heterocycles. The fraction of sp³-hybridized carbons (Fsp3) is 0.417. The Bertz CT molecular complexity index is 931. The quantitative estimate of drug-likeness (QED) is 0.618. The van der Waals surface area contributed by atoms with Gasteiger partial charge in [-0.2, -0.15) is 5.26 Å². The Morgan fingerprint density at radius 3 is 2.09 bits per heavy atom. The van der Waals surface area contributed by atoms with E-state index in [1.807, 2.05) is 56.6 Å². The molecule has 1 fully saturated rings. The van der Waals surface area contributed by atoms with Crippen molar-refractivity contribution in [3.05, 3.63) is 54.4 Å². The van der Waals surface area contributed by atoms with Crippen molar-refractivity contribution in [1.82, 2.24) is 15.6 Å². The molecule has 2 N–H and O–H groups in total. The van der Waals surface area contributed by atoms with Crippen LogP contribution in [0.1, 0.15) is 30.6 Å². The first-order valence-corrected chi connectivity index (χ1v) is 10.9. The highest BCUT2D eigenvalue weighted by Gasteiger charge is 2.23. The summed E-state index contributed by atoms with van der Waals surface area (Å²) in [6.45, 7) is 7.51. The van der Waals surface area contributed by atoms with Crippen LogP contribution in [0.5, 0.6) is 0 Å². The third kappa shape index (κ3) is 6.20. The van der Waals surface area contributed by atoms with Crippen molar-refractivity contribution in [3.63, 3.8) is 0 Å². The van der Waals surface area contributed by atoms with Gasteiger partial charge in [0.15, 0.2) is 0 Å². The number of hydrogen-bond acceptors (Lipinski definition) is 6. The van der Waals surface area contributed by atoms with Crippen molar-refractivity contribution in [3.8, 4) is 6.07 Å². The van der Waals surface area contributed by atoms with Crippen LogP contribution in [0.15, 0.2) is 48.8 Å². The number of nitrogens with one attached hydrogen (secondary N) is 2. The summed E-state index contributed by atoms with van der Waals surface area (Å²) >= 11 is 0. The third-order valence-electron chi connectivity index (χ3n) is 5.47. The second-order valence-corrected chi connectivity index (χ2v) is 8.26. The van der Waals surface area contributed by atoms with E-state index in [2.05, 4.69) is 25.4 Å². The van der Waals surface area contributed by atoms with Gasteiger partial charge in [-0.15, -0.1) is 0 Å².